The van der Waals surface area contributed by atoms with Gasteiger partial charge in [-0.2, -0.15) is 4.98 Å². The van der Waals surface area contributed by atoms with Crippen LogP contribution in [0.2, 0.25) is 0 Å². The van der Waals surface area contributed by atoms with Crippen molar-refractivity contribution in [1.29, 1.82) is 0 Å². The van der Waals surface area contributed by atoms with Crippen LogP contribution < -0.4 is 5.32 Å². The Bertz CT molecular complexity index is 792. The Kier molecular flexibility index (Phi) is 4.09. The molecule has 1 N–H and O–H groups in total. The topological polar surface area (TPSA) is 80.9 Å². The monoisotopic (exact) mass is 296 g/mol. The van der Waals surface area contributed by atoms with Crippen LogP contribution in [-0.4, -0.2) is 27.6 Å². The van der Waals surface area contributed by atoms with E-state index in [1.807, 2.05) is 30.3 Å². The normalized spacial score (nSPS) is 10.8. The lowest BCUT2D eigenvalue weighted by atomic mass is 10.1. The molecule has 3 aromatic rings. The van der Waals surface area contributed by atoms with E-state index < -0.39 is 0 Å². The second-order valence-electron chi connectivity index (χ2n) is 4.98. The third-order valence-electron chi connectivity index (χ3n) is 3.31. The summed E-state index contributed by atoms with van der Waals surface area (Å²) < 4.78 is 5.03. The van der Waals surface area contributed by atoms with Gasteiger partial charge in [0.2, 0.25) is 5.89 Å². The van der Waals surface area contributed by atoms with Crippen molar-refractivity contribution in [3.8, 4) is 0 Å². The largest absolute Gasteiger partial charge is 0.351 e. The number of hydrogen-bond acceptors (Lipinski definition) is 5. The summed E-state index contributed by atoms with van der Waals surface area (Å²) in [5.74, 6) is 1.05. The standard InChI is InChI=1S/C16H16N4O2/c1-11-19-14(22-20-11)7-4-9-18-16(21)15-13-6-3-2-5-12(13)8-10-17-15/h2-3,5-6,8,10H,4,7,9H2,1H3,(H,18,21). The molecule has 0 spiro atoms. The minimum Gasteiger partial charge on any atom is -0.351 e. The summed E-state index contributed by atoms with van der Waals surface area (Å²) >= 11 is 0. The Balaban J connectivity index is 1.59. The fraction of sp³-hybridized carbons (Fsp3) is 0.250. The summed E-state index contributed by atoms with van der Waals surface area (Å²) in [4.78, 5) is 20.6. The number of benzene rings is 1. The fourth-order valence-corrected chi connectivity index (χ4v) is 2.27. The van der Waals surface area contributed by atoms with Crippen molar-refractivity contribution >= 4 is 16.7 Å². The number of amides is 1. The zero-order valence-electron chi connectivity index (χ0n) is 12.2. The number of rotatable bonds is 5. The quantitative estimate of drug-likeness (QED) is 0.731. The summed E-state index contributed by atoms with van der Waals surface area (Å²) in [6.45, 7) is 2.31. The lowest BCUT2D eigenvalue weighted by Gasteiger charge is -2.06. The van der Waals surface area contributed by atoms with Crippen molar-refractivity contribution in [2.24, 2.45) is 0 Å². The SMILES string of the molecule is Cc1noc(CCCNC(=O)c2nccc3ccccc23)n1. The van der Waals surface area contributed by atoms with Gasteiger partial charge in [0.25, 0.3) is 5.91 Å². The Hall–Kier alpha value is -2.76. The average Bonchev–Trinajstić information content (AvgIpc) is 2.96. The molecule has 1 amide bonds. The van der Waals surface area contributed by atoms with Crippen LogP contribution >= 0.6 is 0 Å². The molecule has 0 saturated carbocycles. The summed E-state index contributed by atoms with van der Waals surface area (Å²) in [6.07, 6.45) is 3.03. The van der Waals surface area contributed by atoms with Crippen LogP contribution in [0.1, 0.15) is 28.6 Å². The van der Waals surface area contributed by atoms with Gasteiger partial charge >= 0.3 is 0 Å². The molecular formula is C16H16N4O2. The van der Waals surface area contributed by atoms with Gasteiger partial charge in [-0.15, -0.1) is 0 Å². The first-order chi connectivity index (χ1) is 10.7. The second-order valence-corrected chi connectivity index (χ2v) is 4.98. The van der Waals surface area contributed by atoms with Gasteiger partial charge in [-0.1, -0.05) is 29.4 Å². The van der Waals surface area contributed by atoms with E-state index in [2.05, 4.69) is 20.4 Å². The molecule has 2 aromatic heterocycles. The first-order valence-corrected chi connectivity index (χ1v) is 7.15. The molecule has 0 radical (unpaired) electrons. The molecule has 0 bridgehead atoms. The number of fused-ring (bicyclic) bond motifs is 1. The number of aryl methyl sites for hydroxylation is 2. The van der Waals surface area contributed by atoms with Gasteiger partial charge in [0, 0.05) is 24.5 Å². The summed E-state index contributed by atoms with van der Waals surface area (Å²) in [5, 5.41) is 8.47. The lowest BCUT2D eigenvalue weighted by molar-refractivity contribution is 0.0950. The van der Waals surface area contributed by atoms with Crippen molar-refractivity contribution in [1.82, 2.24) is 20.4 Å². The molecule has 0 fully saturated rings. The van der Waals surface area contributed by atoms with Gasteiger partial charge in [0.05, 0.1) is 0 Å². The molecule has 0 aliphatic heterocycles. The third-order valence-corrected chi connectivity index (χ3v) is 3.31. The molecule has 6 nitrogen and oxygen atoms in total. The highest BCUT2D eigenvalue weighted by molar-refractivity contribution is 6.05. The van der Waals surface area contributed by atoms with E-state index in [1.54, 1.807) is 13.1 Å². The van der Waals surface area contributed by atoms with Crippen molar-refractivity contribution in [3.63, 3.8) is 0 Å². The number of pyridine rings is 1. The summed E-state index contributed by atoms with van der Waals surface area (Å²) in [6, 6.07) is 9.60. The number of hydrogen-bond donors (Lipinski definition) is 1. The van der Waals surface area contributed by atoms with Crippen molar-refractivity contribution in [2.75, 3.05) is 6.54 Å². The number of carbonyl (C=O) groups excluding carboxylic acids is 1. The molecule has 0 aliphatic carbocycles. The maximum Gasteiger partial charge on any atom is 0.270 e. The van der Waals surface area contributed by atoms with E-state index in [0.29, 0.717) is 30.4 Å². The lowest BCUT2D eigenvalue weighted by Crippen LogP contribution is -2.25. The molecule has 0 aliphatic rings. The predicted molar refractivity (Wildman–Crippen MR) is 81.4 cm³/mol. The maximum atomic E-state index is 12.2. The Morgan fingerprint density at radius 3 is 2.95 bits per heavy atom. The Morgan fingerprint density at radius 2 is 2.14 bits per heavy atom. The molecule has 22 heavy (non-hydrogen) atoms. The number of aromatic nitrogens is 3. The van der Waals surface area contributed by atoms with Crippen LogP contribution in [0.4, 0.5) is 0 Å². The van der Waals surface area contributed by atoms with Crippen LogP contribution in [0.3, 0.4) is 0 Å². The highest BCUT2D eigenvalue weighted by Gasteiger charge is 2.11. The van der Waals surface area contributed by atoms with Crippen molar-refractivity contribution in [2.45, 2.75) is 19.8 Å². The number of nitrogens with zero attached hydrogens (tertiary/aromatic N) is 3. The first-order valence-electron chi connectivity index (χ1n) is 7.15. The minimum absolute atomic E-state index is 0.168. The summed E-state index contributed by atoms with van der Waals surface area (Å²) in [7, 11) is 0. The highest BCUT2D eigenvalue weighted by Crippen LogP contribution is 2.16. The van der Waals surface area contributed by atoms with Crippen LogP contribution in [0, 0.1) is 6.92 Å². The van der Waals surface area contributed by atoms with Gasteiger partial charge in [-0.3, -0.25) is 9.78 Å². The molecule has 2 heterocycles. The van der Waals surface area contributed by atoms with E-state index in [-0.39, 0.29) is 5.91 Å². The van der Waals surface area contributed by atoms with Gasteiger partial charge in [-0.25, -0.2) is 0 Å². The van der Waals surface area contributed by atoms with E-state index >= 15 is 0 Å². The fourth-order valence-electron chi connectivity index (χ4n) is 2.27. The molecule has 6 heteroatoms. The highest BCUT2D eigenvalue weighted by atomic mass is 16.5. The molecular weight excluding hydrogens is 280 g/mol. The number of carbonyl (C=O) groups is 1. The molecule has 0 atom stereocenters. The average molecular weight is 296 g/mol. The molecule has 1 aromatic carbocycles. The summed E-state index contributed by atoms with van der Waals surface area (Å²) in [5.41, 5.74) is 0.451. The second kappa shape index (κ2) is 6.34. The Labute approximate surface area is 127 Å². The van der Waals surface area contributed by atoms with Crippen LogP contribution in [0.5, 0.6) is 0 Å². The maximum absolute atomic E-state index is 12.2. The van der Waals surface area contributed by atoms with E-state index in [0.717, 1.165) is 17.2 Å². The number of nitrogens with one attached hydrogen (secondary N) is 1. The molecule has 0 unspecified atom stereocenters. The zero-order valence-corrected chi connectivity index (χ0v) is 12.2. The van der Waals surface area contributed by atoms with E-state index in [4.69, 9.17) is 4.52 Å². The van der Waals surface area contributed by atoms with Crippen molar-refractivity contribution < 1.29 is 9.32 Å². The van der Waals surface area contributed by atoms with Gasteiger partial charge in [0.15, 0.2) is 5.82 Å². The molecule has 0 saturated heterocycles. The molecule has 3 rings (SSSR count). The van der Waals surface area contributed by atoms with Crippen LogP contribution in [0.15, 0.2) is 41.1 Å². The van der Waals surface area contributed by atoms with Gasteiger partial charge < -0.3 is 9.84 Å². The van der Waals surface area contributed by atoms with E-state index in [9.17, 15) is 4.79 Å². The van der Waals surface area contributed by atoms with Gasteiger partial charge in [0.1, 0.15) is 5.69 Å². The Morgan fingerprint density at radius 1 is 1.27 bits per heavy atom. The van der Waals surface area contributed by atoms with Crippen LogP contribution in [0.25, 0.3) is 10.8 Å². The zero-order chi connectivity index (χ0) is 15.4. The first kappa shape index (κ1) is 14.2. The molecule has 112 valence electrons. The predicted octanol–water partition coefficient (Wildman–Crippen LogP) is 2.29. The third kappa shape index (κ3) is 3.11. The van der Waals surface area contributed by atoms with Crippen molar-refractivity contribution in [3.05, 3.63) is 53.9 Å². The van der Waals surface area contributed by atoms with Gasteiger partial charge in [-0.05, 0) is 24.8 Å². The minimum atomic E-state index is -0.168. The van der Waals surface area contributed by atoms with E-state index in [1.165, 1.54) is 0 Å². The smallest absolute Gasteiger partial charge is 0.270 e. The van der Waals surface area contributed by atoms with Crippen LogP contribution in [-0.2, 0) is 6.42 Å².